The molecule has 0 saturated carbocycles. The number of carbonyl (C=O) groups is 2. The van der Waals surface area contributed by atoms with Crippen molar-refractivity contribution in [3.8, 4) is 0 Å². The highest BCUT2D eigenvalue weighted by Gasteiger charge is 2.46. The Bertz CT molecular complexity index is 767. The van der Waals surface area contributed by atoms with Gasteiger partial charge in [-0.2, -0.15) is 11.8 Å². The fourth-order valence-corrected chi connectivity index (χ4v) is 3.61. The molecule has 0 amide bonds. The predicted octanol–water partition coefficient (Wildman–Crippen LogP) is 2.52. The van der Waals surface area contributed by atoms with Gasteiger partial charge < -0.3 is 19.3 Å². The zero-order chi connectivity index (χ0) is 19.2. The van der Waals surface area contributed by atoms with Crippen LogP contribution in [0.1, 0.15) is 20.7 Å². The molecule has 27 heavy (non-hydrogen) atoms. The lowest BCUT2D eigenvalue weighted by molar-refractivity contribution is -0.109. The van der Waals surface area contributed by atoms with Crippen LogP contribution in [0.5, 0.6) is 0 Å². The molecule has 1 fully saturated rings. The molecule has 1 aliphatic rings. The van der Waals surface area contributed by atoms with Gasteiger partial charge in [-0.05, 0) is 30.5 Å². The quantitative estimate of drug-likeness (QED) is 0.762. The fourth-order valence-electron chi connectivity index (χ4n) is 2.82. The molecule has 0 aliphatic carbocycles. The molecule has 0 unspecified atom stereocenters. The van der Waals surface area contributed by atoms with E-state index in [2.05, 4.69) is 0 Å². The Balaban J connectivity index is 1.67. The monoisotopic (exact) mass is 388 g/mol. The molecule has 1 aliphatic heterocycles. The molecule has 0 radical (unpaired) electrons. The van der Waals surface area contributed by atoms with Crippen molar-refractivity contribution in [1.29, 1.82) is 0 Å². The Kier molecular flexibility index (Phi) is 6.49. The number of aliphatic hydroxyl groups excluding tert-OH is 1. The summed E-state index contributed by atoms with van der Waals surface area (Å²) in [7, 11) is 0. The van der Waals surface area contributed by atoms with Crippen LogP contribution in [0.3, 0.4) is 0 Å². The maximum absolute atomic E-state index is 12.4. The zero-order valence-electron chi connectivity index (χ0n) is 14.7. The van der Waals surface area contributed by atoms with Crippen LogP contribution in [0.15, 0.2) is 60.7 Å². The summed E-state index contributed by atoms with van der Waals surface area (Å²) in [4.78, 5) is 24.5. The van der Waals surface area contributed by atoms with E-state index in [0.717, 1.165) is 0 Å². The molecular weight excluding hydrogens is 368 g/mol. The summed E-state index contributed by atoms with van der Waals surface area (Å²) in [5.74, 6) is -1.02. The lowest BCUT2D eigenvalue weighted by Crippen LogP contribution is -2.37. The lowest BCUT2D eigenvalue weighted by Gasteiger charge is -2.22. The van der Waals surface area contributed by atoms with Gasteiger partial charge >= 0.3 is 11.9 Å². The van der Waals surface area contributed by atoms with Gasteiger partial charge in [0.25, 0.3) is 0 Å². The molecule has 7 heteroatoms. The summed E-state index contributed by atoms with van der Waals surface area (Å²) in [5.41, 5.74) is 0.814. The highest BCUT2D eigenvalue weighted by Crippen LogP contribution is 2.31. The third kappa shape index (κ3) is 4.68. The Morgan fingerprint density at radius 3 is 2.11 bits per heavy atom. The minimum atomic E-state index is -1.12. The van der Waals surface area contributed by atoms with E-state index in [1.807, 2.05) is 0 Å². The van der Waals surface area contributed by atoms with Crippen molar-refractivity contribution in [2.75, 3.05) is 12.9 Å². The Labute approximate surface area is 161 Å². The van der Waals surface area contributed by atoms with Crippen molar-refractivity contribution in [3.63, 3.8) is 0 Å². The van der Waals surface area contributed by atoms with Crippen molar-refractivity contribution in [1.82, 2.24) is 0 Å². The van der Waals surface area contributed by atoms with Crippen LogP contribution in [0.25, 0.3) is 0 Å². The SMILES string of the molecule is CS[C@H]1[C@H](OC(=O)c2ccccc2)[C@H](COC(=O)c2ccccc2)O[C@H]1O. The number of aliphatic hydroxyl groups is 1. The molecule has 1 heterocycles. The first kappa shape index (κ1) is 19.4. The van der Waals surface area contributed by atoms with E-state index in [1.165, 1.54) is 11.8 Å². The largest absolute Gasteiger partial charge is 0.459 e. The molecule has 1 N–H and O–H groups in total. The molecule has 3 rings (SSSR count). The smallest absolute Gasteiger partial charge is 0.338 e. The van der Waals surface area contributed by atoms with Gasteiger partial charge in [0.1, 0.15) is 18.8 Å². The molecule has 0 spiro atoms. The van der Waals surface area contributed by atoms with Gasteiger partial charge in [0.2, 0.25) is 0 Å². The second kappa shape index (κ2) is 9.03. The van der Waals surface area contributed by atoms with E-state index in [4.69, 9.17) is 14.2 Å². The maximum Gasteiger partial charge on any atom is 0.338 e. The van der Waals surface area contributed by atoms with E-state index in [1.54, 1.807) is 66.9 Å². The molecule has 0 bridgehead atoms. The summed E-state index contributed by atoms with van der Waals surface area (Å²) in [6.07, 6.45) is -0.822. The zero-order valence-corrected chi connectivity index (χ0v) is 15.5. The Hall–Kier alpha value is -2.35. The van der Waals surface area contributed by atoms with Crippen molar-refractivity contribution in [2.24, 2.45) is 0 Å². The minimum Gasteiger partial charge on any atom is -0.459 e. The van der Waals surface area contributed by atoms with E-state index in [0.29, 0.717) is 11.1 Å². The van der Waals surface area contributed by atoms with E-state index in [-0.39, 0.29) is 6.61 Å². The number of benzene rings is 2. The summed E-state index contributed by atoms with van der Waals surface area (Å²) in [5, 5.41) is 9.65. The summed E-state index contributed by atoms with van der Waals surface area (Å²) in [6.45, 7) is -0.130. The molecule has 6 nitrogen and oxygen atoms in total. The summed E-state index contributed by atoms with van der Waals surface area (Å²) in [6, 6.07) is 17.1. The first-order chi connectivity index (χ1) is 13.1. The lowest BCUT2D eigenvalue weighted by atomic mass is 10.1. The standard InChI is InChI=1S/C20H20O6S/c1-27-17-16(26-19(22)14-10-6-3-7-11-14)15(25-20(17)23)12-24-18(21)13-8-4-2-5-9-13/h2-11,15-17,20,23H,12H2,1H3/t15-,16+,17-,20+/m0/s1. The second-order valence-corrected chi connectivity index (χ2v) is 6.98. The van der Waals surface area contributed by atoms with Gasteiger partial charge in [-0.3, -0.25) is 0 Å². The normalized spacial score (nSPS) is 24.4. The van der Waals surface area contributed by atoms with Crippen molar-refractivity contribution >= 4 is 23.7 Å². The van der Waals surface area contributed by atoms with Crippen molar-refractivity contribution in [2.45, 2.75) is 23.7 Å². The molecule has 0 aromatic heterocycles. The number of carbonyl (C=O) groups excluding carboxylic acids is 2. The fraction of sp³-hybridized carbons (Fsp3) is 0.300. The maximum atomic E-state index is 12.4. The molecule has 142 valence electrons. The average molecular weight is 388 g/mol. The van der Waals surface area contributed by atoms with Gasteiger partial charge in [0, 0.05) is 0 Å². The van der Waals surface area contributed by atoms with Crippen molar-refractivity contribution in [3.05, 3.63) is 71.8 Å². The average Bonchev–Trinajstić information content (AvgIpc) is 3.01. The molecular formula is C20H20O6S. The van der Waals surface area contributed by atoms with Crippen LogP contribution >= 0.6 is 11.8 Å². The number of ether oxygens (including phenoxy) is 3. The van der Waals surface area contributed by atoms with Gasteiger partial charge in [-0.1, -0.05) is 36.4 Å². The number of thioether (sulfide) groups is 1. The number of rotatable bonds is 6. The molecule has 2 aromatic rings. The summed E-state index contributed by atoms with van der Waals surface area (Å²) >= 11 is 1.33. The van der Waals surface area contributed by atoms with Gasteiger partial charge in [0.15, 0.2) is 6.29 Å². The van der Waals surface area contributed by atoms with E-state index >= 15 is 0 Å². The number of hydrogen-bond donors (Lipinski definition) is 1. The van der Waals surface area contributed by atoms with Crippen LogP contribution in [0.4, 0.5) is 0 Å². The first-order valence-electron chi connectivity index (χ1n) is 8.44. The molecule has 4 atom stereocenters. The van der Waals surface area contributed by atoms with Crippen LogP contribution in [0, 0.1) is 0 Å². The molecule has 2 aromatic carbocycles. The van der Waals surface area contributed by atoms with E-state index < -0.39 is 35.7 Å². The third-order valence-corrected chi connectivity index (χ3v) is 5.24. The Morgan fingerprint density at radius 1 is 1.00 bits per heavy atom. The minimum absolute atomic E-state index is 0.130. The summed E-state index contributed by atoms with van der Waals surface area (Å²) < 4.78 is 16.4. The van der Waals surface area contributed by atoms with E-state index in [9.17, 15) is 14.7 Å². The van der Waals surface area contributed by atoms with Gasteiger partial charge in [-0.25, -0.2) is 9.59 Å². The number of esters is 2. The topological polar surface area (TPSA) is 82.1 Å². The highest BCUT2D eigenvalue weighted by atomic mass is 32.2. The van der Waals surface area contributed by atoms with Gasteiger partial charge in [0.05, 0.1) is 16.4 Å². The van der Waals surface area contributed by atoms with Crippen LogP contribution < -0.4 is 0 Å². The first-order valence-corrected chi connectivity index (χ1v) is 9.73. The van der Waals surface area contributed by atoms with Crippen LogP contribution in [0.2, 0.25) is 0 Å². The second-order valence-electron chi connectivity index (χ2n) is 5.97. The van der Waals surface area contributed by atoms with Gasteiger partial charge in [-0.15, -0.1) is 0 Å². The molecule has 1 saturated heterocycles. The van der Waals surface area contributed by atoms with Crippen LogP contribution in [-0.4, -0.2) is 53.7 Å². The van der Waals surface area contributed by atoms with Crippen LogP contribution in [-0.2, 0) is 14.2 Å². The third-order valence-electron chi connectivity index (χ3n) is 4.20. The number of hydrogen-bond acceptors (Lipinski definition) is 7. The van der Waals surface area contributed by atoms with Crippen molar-refractivity contribution < 1.29 is 28.9 Å². The Morgan fingerprint density at radius 2 is 1.56 bits per heavy atom. The highest BCUT2D eigenvalue weighted by molar-refractivity contribution is 7.99. The predicted molar refractivity (Wildman–Crippen MR) is 101 cm³/mol.